The lowest BCUT2D eigenvalue weighted by Gasteiger charge is -2.07. The molecule has 53 valence electrons. The zero-order valence-corrected chi connectivity index (χ0v) is 6.22. The topological polar surface area (TPSA) is 15.3 Å². The van der Waals surface area contributed by atoms with Crippen molar-refractivity contribution in [1.82, 2.24) is 10.2 Å². The molecular formula is C7H15N2. The highest BCUT2D eigenvalue weighted by Gasteiger charge is 1.86. The summed E-state index contributed by atoms with van der Waals surface area (Å²) < 4.78 is 0. The van der Waals surface area contributed by atoms with Crippen molar-refractivity contribution < 1.29 is 0 Å². The van der Waals surface area contributed by atoms with E-state index in [0.29, 0.717) is 0 Å². The summed E-state index contributed by atoms with van der Waals surface area (Å²) in [6, 6.07) is 0. The number of hydrogen-bond donors (Lipinski definition) is 1. The predicted octanol–water partition coefficient (Wildman–Crippen LogP) is 0.474. The molecule has 0 aliphatic rings. The molecule has 9 heavy (non-hydrogen) atoms. The second kappa shape index (κ2) is 5.63. The van der Waals surface area contributed by atoms with Gasteiger partial charge in [-0.15, -0.1) is 0 Å². The molecule has 0 aliphatic carbocycles. The fraction of sp³-hybridized carbons (Fsp3) is 0.714. The van der Waals surface area contributed by atoms with Gasteiger partial charge in [0.1, 0.15) is 0 Å². The van der Waals surface area contributed by atoms with Crippen LogP contribution in [0.3, 0.4) is 0 Å². The molecule has 0 atom stereocenters. The number of nitrogens with zero attached hydrogens (tertiary/aromatic N) is 1. The molecule has 0 aliphatic heterocycles. The monoisotopic (exact) mass is 127 g/mol. The molecule has 0 aromatic rings. The first-order valence-corrected chi connectivity index (χ1v) is 3.19. The van der Waals surface area contributed by atoms with E-state index in [-0.39, 0.29) is 0 Å². The lowest BCUT2D eigenvalue weighted by Crippen LogP contribution is -2.17. The SMILES string of the molecule is [CH]=CNCCCN(C)C. The first kappa shape index (κ1) is 8.50. The van der Waals surface area contributed by atoms with Gasteiger partial charge in [0.25, 0.3) is 0 Å². The van der Waals surface area contributed by atoms with E-state index < -0.39 is 0 Å². The predicted molar refractivity (Wildman–Crippen MR) is 40.0 cm³/mol. The van der Waals surface area contributed by atoms with E-state index in [2.05, 4.69) is 24.3 Å². The Labute approximate surface area is 57.5 Å². The van der Waals surface area contributed by atoms with Crippen LogP contribution in [0.2, 0.25) is 0 Å². The van der Waals surface area contributed by atoms with Gasteiger partial charge in [-0.2, -0.15) is 0 Å². The van der Waals surface area contributed by atoms with E-state index in [1.165, 1.54) is 6.20 Å². The highest BCUT2D eigenvalue weighted by molar-refractivity contribution is 4.59. The molecule has 0 aromatic carbocycles. The largest absolute Gasteiger partial charge is 0.391 e. The Morgan fingerprint density at radius 3 is 2.67 bits per heavy atom. The van der Waals surface area contributed by atoms with E-state index in [0.717, 1.165) is 19.5 Å². The summed E-state index contributed by atoms with van der Waals surface area (Å²) >= 11 is 0. The first-order chi connectivity index (χ1) is 4.27. The van der Waals surface area contributed by atoms with Crippen LogP contribution in [0, 0.1) is 6.58 Å². The molecule has 2 nitrogen and oxygen atoms in total. The van der Waals surface area contributed by atoms with Crippen molar-refractivity contribution in [2.45, 2.75) is 6.42 Å². The quantitative estimate of drug-likeness (QED) is 0.540. The van der Waals surface area contributed by atoms with Crippen molar-refractivity contribution in [2.75, 3.05) is 27.2 Å². The average molecular weight is 127 g/mol. The van der Waals surface area contributed by atoms with Gasteiger partial charge in [0, 0.05) is 6.54 Å². The van der Waals surface area contributed by atoms with Gasteiger partial charge < -0.3 is 10.2 Å². The Balaban J connectivity index is 2.82. The highest BCUT2D eigenvalue weighted by atomic mass is 15.0. The zero-order chi connectivity index (χ0) is 7.11. The van der Waals surface area contributed by atoms with Crippen LogP contribution in [0.15, 0.2) is 6.20 Å². The minimum absolute atomic E-state index is 0.967. The Kier molecular flexibility index (Phi) is 5.32. The Morgan fingerprint density at radius 1 is 1.56 bits per heavy atom. The molecule has 0 aromatic heterocycles. The molecule has 0 heterocycles. The Hall–Kier alpha value is -0.500. The van der Waals surface area contributed by atoms with Crippen molar-refractivity contribution in [3.63, 3.8) is 0 Å². The number of nitrogens with one attached hydrogen (secondary N) is 1. The van der Waals surface area contributed by atoms with Crippen LogP contribution >= 0.6 is 0 Å². The number of rotatable bonds is 5. The van der Waals surface area contributed by atoms with E-state index >= 15 is 0 Å². The third-order valence-corrected chi connectivity index (χ3v) is 1.04. The van der Waals surface area contributed by atoms with Crippen molar-refractivity contribution in [3.05, 3.63) is 12.8 Å². The standard InChI is InChI=1S/C7H15N2/c1-4-8-6-5-7-9(2)3/h1,4,8H,5-7H2,2-3H3. The van der Waals surface area contributed by atoms with Crippen LogP contribution in [-0.4, -0.2) is 32.1 Å². The fourth-order valence-electron chi connectivity index (χ4n) is 0.581. The molecule has 1 N–H and O–H groups in total. The van der Waals surface area contributed by atoms with Crippen LogP contribution in [0.5, 0.6) is 0 Å². The highest BCUT2D eigenvalue weighted by Crippen LogP contribution is 1.79. The van der Waals surface area contributed by atoms with Gasteiger partial charge in [0.2, 0.25) is 0 Å². The van der Waals surface area contributed by atoms with Crippen LogP contribution in [-0.2, 0) is 0 Å². The summed E-state index contributed by atoms with van der Waals surface area (Å²) in [6.45, 7) is 7.17. The summed E-state index contributed by atoms with van der Waals surface area (Å²) in [5.74, 6) is 0. The lowest BCUT2D eigenvalue weighted by molar-refractivity contribution is 0.399. The molecule has 0 bridgehead atoms. The molecule has 0 fully saturated rings. The summed E-state index contributed by atoms with van der Waals surface area (Å²) in [6.07, 6.45) is 2.62. The van der Waals surface area contributed by atoms with E-state index in [9.17, 15) is 0 Å². The first-order valence-electron chi connectivity index (χ1n) is 3.19. The second-order valence-corrected chi connectivity index (χ2v) is 2.28. The summed E-state index contributed by atoms with van der Waals surface area (Å²) in [7, 11) is 4.12. The van der Waals surface area contributed by atoms with Gasteiger partial charge in [-0.25, -0.2) is 0 Å². The number of hydrogen-bond acceptors (Lipinski definition) is 2. The van der Waals surface area contributed by atoms with Crippen molar-refractivity contribution in [1.29, 1.82) is 0 Å². The molecule has 0 rings (SSSR count). The Bertz CT molecular complexity index is 69.3. The lowest BCUT2D eigenvalue weighted by atomic mass is 10.4. The van der Waals surface area contributed by atoms with Crippen LogP contribution in [0.4, 0.5) is 0 Å². The fourth-order valence-corrected chi connectivity index (χ4v) is 0.581. The third kappa shape index (κ3) is 7.50. The van der Waals surface area contributed by atoms with Crippen molar-refractivity contribution in [2.24, 2.45) is 0 Å². The normalized spacial score (nSPS) is 9.67. The van der Waals surface area contributed by atoms with E-state index in [1.54, 1.807) is 0 Å². The van der Waals surface area contributed by atoms with Gasteiger partial charge in [-0.3, -0.25) is 0 Å². The molecule has 1 radical (unpaired) electrons. The van der Waals surface area contributed by atoms with E-state index in [4.69, 9.17) is 6.58 Å². The van der Waals surface area contributed by atoms with Crippen molar-refractivity contribution >= 4 is 0 Å². The smallest absolute Gasteiger partial charge is 0.0153 e. The van der Waals surface area contributed by atoms with Crippen LogP contribution in [0.1, 0.15) is 6.42 Å². The second-order valence-electron chi connectivity index (χ2n) is 2.28. The van der Waals surface area contributed by atoms with Gasteiger partial charge in [-0.05, 0) is 39.8 Å². The van der Waals surface area contributed by atoms with Gasteiger partial charge in [0.05, 0.1) is 0 Å². The summed E-state index contributed by atoms with van der Waals surface area (Å²) in [5, 5.41) is 2.93. The van der Waals surface area contributed by atoms with E-state index in [1.807, 2.05) is 0 Å². The minimum atomic E-state index is 0.967. The summed E-state index contributed by atoms with van der Waals surface area (Å²) in [5.41, 5.74) is 0. The van der Waals surface area contributed by atoms with Gasteiger partial charge in [0.15, 0.2) is 0 Å². The van der Waals surface area contributed by atoms with Crippen molar-refractivity contribution in [3.8, 4) is 0 Å². The van der Waals surface area contributed by atoms with Crippen LogP contribution in [0.25, 0.3) is 0 Å². The summed E-state index contributed by atoms with van der Waals surface area (Å²) in [4.78, 5) is 2.15. The molecule has 2 heteroatoms. The minimum Gasteiger partial charge on any atom is -0.391 e. The van der Waals surface area contributed by atoms with Crippen LogP contribution < -0.4 is 5.32 Å². The molecule has 0 unspecified atom stereocenters. The Morgan fingerprint density at radius 2 is 2.22 bits per heavy atom. The maximum Gasteiger partial charge on any atom is 0.0153 e. The van der Waals surface area contributed by atoms with Gasteiger partial charge in [-0.1, -0.05) is 0 Å². The molecule has 0 saturated carbocycles. The zero-order valence-electron chi connectivity index (χ0n) is 6.22. The maximum atomic E-state index is 5.10. The third-order valence-electron chi connectivity index (χ3n) is 1.04. The van der Waals surface area contributed by atoms with Gasteiger partial charge >= 0.3 is 0 Å². The maximum absolute atomic E-state index is 5.10. The molecule has 0 saturated heterocycles. The average Bonchev–Trinajstić information content (AvgIpc) is 1.80. The molecule has 0 amide bonds. The molecular weight excluding hydrogens is 112 g/mol. The molecule has 0 spiro atoms.